The van der Waals surface area contributed by atoms with Gasteiger partial charge in [0.05, 0.1) is 10.6 Å². The van der Waals surface area contributed by atoms with Crippen molar-refractivity contribution in [1.82, 2.24) is 10.2 Å². The van der Waals surface area contributed by atoms with Crippen molar-refractivity contribution in [2.24, 2.45) is 0 Å². The number of hydrogen-bond donors (Lipinski definition) is 1. The summed E-state index contributed by atoms with van der Waals surface area (Å²) in [7, 11) is -4.08. The van der Waals surface area contributed by atoms with Crippen molar-refractivity contribution in [3.8, 4) is 0 Å². The van der Waals surface area contributed by atoms with Gasteiger partial charge in [-0.1, -0.05) is 83.4 Å². The van der Waals surface area contributed by atoms with Crippen molar-refractivity contribution in [1.29, 1.82) is 0 Å². The molecule has 0 saturated carbocycles. The van der Waals surface area contributed by atoms with Crippen LogP contribution in [-0.2, 0) is 26.0 Å². The van der Waals surface area contributed by atoms with Crippen molar-refractivity contribution in [2.75, 3.05) is 23.9 Å². The topological polar surface area (TPSA) is 86.8 Å². The molecule has 0 fully saturated rings. The zero-order valence-electron chi connectivity index (χ0n) is 22.6. The number of nitrogens with zero attached hydrogens (tertiary/aromatic N) is 2. The van der Waals surface area contributed by atoms with Gasteiger partial charge in [-0.3, -0.25) is 13.9 Å². The lowest BCUT2D eigenvalue weighted by atomic mass is 10.1. The zero-order chi connectivity index (χ0) is 28.4. The lowest BCUT2D eigenvalue weighted by molar-refractivity contribution is -0.138. The molecule has 0 saturated heterocycles. The molecule has 0 aliphatic rings. The molecule has 3 aromatic rings. The Morgan fingerprint density at radius 3 is 2.31 bits per heavy atom. The highest BCUT2D eigenvalue weighted by atomic mass is 79.9. The van der Waals surface area contributed by atoms with Crippen LogP contribution < -0.4 is 9.62 Å². The second-order valence-electron chi connectivity index (χ2n) is 9.45. The van der Waals surface area contributed by atoms with Crippen LogP contribution in [0.25, 0.3) is 0 Å². The van der Waals surface area contributed by atoms with Crippen LogP contribution in [0.3, 0.4) is 0 Å². The number of hydrogen-bond acceptors (Lipinski definition) is 4. The van der Waals surface area contributed by atoms with E-state index in [1.807, 2.05) is 44.2 Å². The van der Waals surface area contributed by atoms with Crippen LogP contribution in [0.15, 0.2) is 88.2 Å². The minimum atomic E-state index is -4.08. The van der Waals surface area contributed by atoms with Crippen molar-refractivity contribution in [2.45, 2.75) is 51.0 Å². The SMILES string of the molecule is CCCCNC(=O)C(C)N(CCc1ccccc1)C(=O)CN(c1cccc(Br)c1)S(=O)(=O)c1ccc(C)cc1. The van der Waals surface area contributed by atoms with Crippen LogP contribution in [0.5, 0.6) is 0 Å². The number of aryl methyl sites for hydroxylation is 1. The van der Waals surface area contributed by atoms with Crippen LogP contribution in [0.1, 0.15) is 37.8 Å². The Hall–Kier alpha value is -3.17. The normalized spacial score (nSPS) is 12.0. The average Bonchev–Trinajstić information content (AvgIpc) is 2.92. The molecular formula is C30H36BrN3O4S. The maximum Gasteiger partial charge on any atom is 0.264 e. The van der Waals surface area contributed by atoms with Gasteiger partial charge < -0.3 is 10.2 Å². The number of unbranched alkanes of at least 4 members (excludes halogenated alkanes) is 1. The summed E-state index contributed by atoms with van der Waals surface area (Å²) < 4.78 is 29.5. The van der Waals surface area contributed by atoms with Crippen molar-refractivity contribution >= 4 is 43.5 Å². The first-order valence-corrected chi connectivity index (χ1v) is 15.3. The summed E-state index contributed by atoms with van der Waals surface area (Å²) in [6.07, 6.45) is 2.30. The van der Waals surface area contributed by atoms with E-state index < -0.39 is 28.5 Å². The van der Waals surface area contributed by atoms with Crippen LogP contribution in [0.4, 0.5) is 5.69 Å². The molecule has 0 radical (unpaired) electrons. The standard InChI is InChI=1S/C30H36BrN3O4S/c1-4-5-19-32-30(36)24(3)33(20-18-25-10-7-6-8-11-25)29(35)22-34(27-13-9-12-26(31)21-27)39(37,38)28-16-14-23(2)15-17-28/h6-17,21,24H,4-5,18-20,22H2,1-3H3,(H,32,36). The van der Waals surface area contributed by atoms with E-state index in [0.717, 1.165) is 28.3 Å². The molecule has 208 valence electrons. The number of sulfonamides is 1. The van der Waals surface area contributed by atoms with Crippen LogP contribution in [-0.4, -0.2) is 50.8 Å². The Kier molecular flexibility index (Phi) is 11.1. The molecule has 0 heterocycles. The summed E-state index contributed by atoms with van der Waals surface area (Å²) >= 11 is 3.41. The zero-order valence-corrected chi connectivity index (χ0v) is 25.0. The molecule has 1 atom stereocenters. The molecule has 0 aliphatic carbocycles. The van der Waals surface area contributed by atoms with E-state index in [1.165, 1.54) is 17.0 Å². The molecule has 1 unspecified atom stereocenters. The minimum Gasteiger partial charge on any atom is -0.354 e. The Morgan fingerprint density at radius 2 is 1.67 bits per heavy atom. The van der Waals surface area contributed by atoms with Gasteiger partial charge in [0.25, 0.3) is 10.0 Å². The van der Waals surface area contributed by atoms with Crippen LogP contribution in [0.2, 0.25) is 0 Å². The fourth-order valence-electron chi connectivity index (χ4n) is 4.10. The number of halogens is 1. The summed E-state index contributed by atoms with van der Waals surface area (Å²) in [5, 5.41) is 2.90. The molecule has 1 N–H and O–H groups in total. The average molecular weight is 615 g/mol. The first-order chi connectivity index (χ1) is 18.6. The van der Waals surface area contributed by atoms with Gasteiger partial charge >= 0.3 is 0 Å². The summed E-state index contributed by atoms with van der Waals surface area (Å²) in [4.78, 5) is 28.4. The Bertz CT molecular complexity index is 1350. The molecule has 9 heteroatoms. The largest absolute Gasteiger partial charge is 0.354 e. The molecule has 2 amide bonds. The lowest BCUT2D eigenvalue weighted by Crippen LogP contribution is -2.52. The summed E-state index contributed by atoms with van der Waals surface area (Å²) in [5.41, 5.74) is 2.29. The van der Waals surface area contributed by atoms with E-state index in [4.69, 9.17) is 0 Å². The smallest absolute Gasteiger partial charge is 0.264 e. The first-order valence-electron chi connectivity index (χ1n) is 13.1. The van der Waals surface area contributed by atoms with E-state index in [-0.39, 0.29) is 17.3 Å². The van der Waals surface area contributed by atoms with Crippen LogP contribution in [0, 0.1) is 6.92 Å². The number of carbonyl (C=O) groups excluding carboxylic acids is 2. The number of carbonyl (C=O) groups is 2. The number of amides is 2. The van der Waals surface area contributed by atoms with Crippen molar-refractivity contribution in [3.63, 3.8) is 0 Å². The van der Waals surface area contributed by atoms with Gasteiger partial charge in [0.1, 0.15) is 12.6 Å². The second kappa shape index (κ2) is 14.3. The van der Waals surface area contributed by atoms with Gasteiger partial charge in [0, 0.05) is 17.6 Å². The lowest BCUT2D eigenvalue weighted by Gasteiger charge is -2.32. The number of anilines is 1. The number of benzene rings is 3. The molecule has 0 aliphatic heterocycles. The highest BCUT2D eigenvalue weighted by Crippen LogP contribution is 2.27. The minimum absolute atomic E-state index is 0.0852. The Morgan fingerprint density at radius 1 is 0.974 bits per heavy atom. The summed E-state index contributed by atoms with van der Waals surface area (Å²) in [6, 6.07) is 22.3. The molecule has 39 heavy (non-hydrogen) atoms. The quantitative estimate of drug-likeness (QED) is 0.264. The fraction of sp³-hybridized carbons (Fsp3) is 0.333. The highest BCUT2D eigenvalue weighted by Gasteiger charge is 2.32. The molecule has 0 aromatic heterocycles. The fourth-order valence-corrected chi connectivity index (χ4v) is 5.90. The number of rotatable bonds is 13. The summed E-state index contributed by atoms with van der Waals surface area (Å²) in [5.74, 6) is -0.722. The monoisotopic (exact) mass is 613 g/mol. The third kappa shape index (κ3) is 8.41. The summed E-state index contributed by atoms with van der Waals surface area (Å²) in [6.45, 7) is 5.93. The van der Waals surface area contributed by atoms with E-state index in [9.17, 15) is 18.0 Å². The maximum absolute atomic E-state index is 13.9. The van der Waals surface area contributed by atoms with E-state index in [1.54, 1.807) is 43.3 Å². The third-order valence-corrected chi connectivity index (χ3v) is 8.75. The van der Waals surface area contributed by atoms with Gasteiger partial charge in [-0.2, -0.15) is 0 Å². The highest BCUT2D eigenvalue weighted by molar-refractivity contribution is 9.10. The molecule has 3 aromatic carbocycles. The molecule has 3 rings (SSSR count). The van der Waals surface area contributed by atoms with Gasteiger partial charge in [-0.25, -0.2) is 8.42 Å². The molecular weight excluding hydrogens is 578 g/mol. The molecule has 7 nitrogen and oxygen atoms in total. The van der Waals surface area contributed by atoms with Crippen molar-refractivity contribution < 1.29 is 18.0 Å². The number of nitrogens with one attached hydrogen (secondary N) is 1. The van der Waals surface area contributed by atoms with Gasteiger partial charge in [-0.05, 0) is 62.6 Å². The second-order valence-corrected chi connectivity index (χ2v) is 12.2. The third-order valence-electron chi connectivity index (χ3n) is 6.47. The Labute approximate surface area is 240 Å². The molecule has 0 spiro atoms. The van der Waals surface area contributed by atoms with Crippen molar-refractivity contribution in [3.05, 3.63) is 94.5 Å². The first kappa shape index (κ1) is 30.4. The van der Waals surface area contributed by atoms with E-state index in [2.05, 4.69) is 21.2 Å². The predicted molar refractivity (Wildman–Crippen MR) is 159 cm³/mol. The Balaban J connectivity index is 1.95. The van der Waals surface area contributed by atoms with Gasteiger partial charge in [-0.15, -0.1) is 0 Å². The predicted octanol–water partition coefficient (Wildman–Crippen LogP) is 5.33. The van der Waals surface area contributed by atoms with E-state index >= 15 is 0 Å². The maximum atomic E-state index is 13.9. The molecule has 0 bridgehead atoms. The van der Waals surface area contributed by atoms with E-state index in [0.29, 0.717) is 23.1 Å². The van der Waals surface area contributed by atoms with Crippen LogP contribution >= 0.6 is 15.9 Å². The van der Waals surface area contributed by atoms with Gasteiger partial charge in [0.2, 0.25) is 11.8 Å². The van der Waals surface area contributed by atoms with Gasteiger partial charge in [0.15, 0.2) is 0 Å².